The number of nitrogens with two attached hydrogens (primary N) is 1. The SMILES string of the molecule is CC[C@H](C)[C@@H]1NC(=O)[C@H](N)CSC[C@@H](C(=O)O)NC(=O)C(CC(C)C)NC(=O)C(Cc2ccccc2)NC1=O. The van der Waals surface area contributed by atoms with Gasteiger partial charge in [0.2, 0.25) is 23.6 Å². The third-order valence-electron chi connectivity index (χ3n) is 6.58. The van der Waals surface area contributed by atoms with Gasteiger partial charge in [0.05, 0.1) is 6.04 Å². The summed E-state index contributed by atoms with van der Waals surface area (Å²) in [5.41, 5.74) is 6.83. The van der Waals surface area contributed by atoms with Gasteiger partial charge < -0.3 is 32.1 Å². The largest absolute Gasteiger partial charge is 0.480 e. The number of hydrogen-bond acceptors (Lipinski definition) is 7. The minimum Gasteiger partial charge on any atom is -0.480 e. The quantitative estimate of drug-likeness (QED) is 0.276. The second kappa shape index (κ2) is 15.5. The van der Waals surface area contributed by atoms with Crippen molar-refractivity contribution in [3.63, 3.8) is 0 Å². The predicted octanol–water partition coefficient (Wildman–Crippen LogP) is 0.419. The molecule has 1 aliphatic rings. The van der Waals surface area contributed by atoms with Crippen LogP contribution in [-0.2, 0) is 30.4 Å². The molecule has 6 atom stereocenters. The molecule has 1 aromatic carbocycles. The maximum atomic E-state index is 13.5. The van der Waals surface area contributed by atoms with Gasteiger partial charge in [-0.15, -0.1) is 0 Å². The van der Waals surface area contributed by atoms with E-state index in [0.29, 0.717) is 6.42 Å². The van der Waals surface area contributed by atoms with Gasteiger partial charge in [-0.1, -0.05) is 64.4 Å². The first kappa shape index (κ1) is 32.1. The summed E-state index contributed by atoms with van der Waals surface area (Å²) in [6, 6.07) is 3.82. The van der Waals surface area contributed by atoms with Gasteiger partial charge in [-0.2, -0.15) is 11.8 Å². The highest BCUT2D eigenvalue weighted by atomic mass is 32.2. The zero-order valence-electron chi connectivity index (χ0n) is 22.9. The predicted molar refractivity (Wildman–Crippen MR) is 150 cm³/mol. The van der Waals surface area contributed by atoms with E-state index in [1.54, 1.807) is 0 Å². The van der Waals surface area contributed by atoms with E-state index in [4.69, 9.17) is 5.73 Å². The monoisotopic (exact) mass is 563 g/mol. The first-order chi connectivity index (χ1) is 18.4. The summed E-state index contributed by atoms with van der Waals surface area (Å²) in [7, 11) is 0. The van der Waals surface area contributed by atoms with Crippen LogP contribution >= 0.6 is 11.8 Å². The van der Waals surface area contributed by atoms with Crippen LogP contribution in [0.3, 0.4) is 0 Å². The van der Waals surface area contributed by atoms with Crippen LogP contribution in [0.1, 0.15) is 46.1 Å². The number of thioether (sulfide) groups is 1. The molecule has 216 valence electrons. The Kier molecular flexibility index (Phi) is 12.7. The Hall–Kier alpha value is -3.12. The van der Waals surface area contributed by atoms with Crippen LogP contribution in [0.2, 0.25) is 0 Å². The van der Waals surface area contributed by atoms with Crippen LogP contribution in [0, 0.1) is 11.8 Å². The van der Waals surface area contributed by atoms with E-state index in [1.807, 2.05) is 58.0 Å². The Morgan fingerprint density at radius 3 is 2.13 bits per heavy atom. The summed E-state index contributed by atoms with van der Waals surface area (Å²) in [6.45, 7) is 7.46. The molecule has 1 aliphatic heterocycles. The zero-order valence-corrected chi connectivity index (χ0v) is 23.8. The molecule has 0 bridgehead atoms. The van der Waals surface area contributed by atoms with Gasteiger partial charge >= 0.3 is 5.97 Å². The summed E-state index contributed by atoms with van der Waals surface area (Å²) < 4.78 is 0. The highest BCUT2D eigenvalue weighted by Crippen LogP contribution is 2.13. The van der Waals surface area contributed by atoms with Crippen molar-refractivity contribution >= 4 is 41.4 Å². The van der Waals surface area contributed by atoms with Gasteiger partial charge in [-0.05, 0) is 23.8 Å². The van der Waals surface area contributed by atoms with Gasteiger partial charge in [0.15, 0.2) is 0 Å². The van der Waals surface area contributed by atoms with Crippen LogP contribution in [0.4, 0.5) is 0 Å². The lowest BCUT2D eigenvalue weighted by Gasteiger charge is -2.29. The summed E-state index contributed by atoms with van der Waals surface area (Å²) in [5, 5.41) is 20.4. The van der Waals surface area contributed by atoms with Gasteiger partial charge in [0, 0.05) is 17.9 Å². The number of aliphatic carboxylic acids is 1. The Bertz CT molecular complexity index is 1010. The van der Waals surface area contributed by atoms with Crippen LogP contribution < -0.4 is 27.0 Å². The number of hydrogen-bond donors (Lipinski definition) is 6. The van der Waals surface area contributed by atoms with Crippen molar-refractivity contribution in [2.75, 3.05) is 11.5 Å². The van der Waals surface area contributed by atoms with Crippen molar-refractivity contribution in [2.45, 2.75) is 77.2 Å². The molecule has 0 aliphatic carbocycles. The van der Waals surface area contributed by atoms with E-state index >= 15 is 0 Å². The van der Waals surface area contributed by atoms with Crippen molar-refractivity contribution in [1.29, 1.82) is 0 Å². The molecule has 0 spiro atoms. The van der Waals surface area contributed by atoms with Crippen molar-refractivity contribution in [3.8, 4) is 0 Å². The van der Waals surface area contributed by atoms with Crippen molar-refractivity contribution in [2.24, 2.45) is 17.6 Å². The summed E-state index contributed by atoms with van der Waals surface area (Å²) in [6.07, 6.45) is 0.984. The molecule has 39 heavy (non-hydrogen) atoms. The number of carbonyl (C=O) groups excluding carboxylic acids is 4. The van der Waals surface area contributed by atoms with Gasteiger partial charge in [-0.3, -0.25) is 19.2 Å². The second-order valence-electron chi connectivity index (χ2n) is 10.4. The molecular formula is C27H41N5O6S. The van der Waals surface area contributed by atoms with Gasteiger partial charge in [-0.25, -0.2) is 4.79 Å². The number of rotatable bonds is 7. The standard InChI is InChI=1S/C27H41N5O6S/c1-5-16(4)22-26(36)30-20(12-17-9-7-6-8-10-17)25(35)29-19(11-15(2)3)24(34)31-21(27(37)38)14-39-13-18(28)23(33)32-22/h6-10,15-16,18-22H,5,11-14,28H2,1-4H3,(H,29,35)(H,30,36)(H,31,34)(H,32,33)(H,37,38)/t16-,18+,19?,20?,21-,22-/m0/s1. The molecule has 7 N–H and O–H groups in total. The molecule has 2 rings (SSSR count). The van der Waals surface area contributed by atoms with Crippen LogP contribution in [0.5, 0.6) is 0 Å². The molecule has 12 heteroatoms. The van der Waals surface area contributed by atoms with Gasteiger partial charge in [0.25, 0.3) is 0 Å². The van der Waals surface area contributed by atoms with Gasteiger partial charge in [0.1, 0.15) is 24.2 Å². The Morgan fingerprint density at radius 1 is 0.923 bits per heavy atom. The van der Waals surface area contributed by atoms with E-state index in [2.05, 4.69) is 21.3 Å². The molecule has 4 amide bonds. The highest BCUT2D eigenvalue weighted by Gasteiger charge is 2.34. The van der Waals surface area contributed by atoms with E-state index < -0.39 is 59.8 Å². The fraction of sp³-hybridized carbons (Fsp3) is 0.593. The minimum atomic E-state index is -1.25. The van der Waals surface area contributed by atoms with E-state index in [-0.39, 0.29) is 36.2 Å². The smallest absolute Gasteiger partial charge is 0.327 e. The van der Waals surface area contributed by atoms with Crippen LogP contribution in [0.15, 0.2) is 30.3 Å². The lowest BCUT2D eigenvalue weighted by atomic mass is 9.96. The van der Waals surface area contributed by atoms with Crippen molar-refractivity contribution in [3.05, 3.63) is 35.9 Å². The first-order valence-corrected chi connectivity index (χ1v) is 14.4. The maximum absolute atomic E-state index is 13.5. The fourth-order valence-corrected chi connectivity index (χ4v) is 5.10. The molecule has 0 saturated carbocycles. The Balaban J connectivity index is 2.47. The van der Waals surface area contributed by atoms with Crippen LogP contribution in [0.25, 0.3) is 0 Å². The van der Waals surface area contributed by atoms with Crippen LogP contribution in [-0.4, -0.2) is 76.4 Å². The molecule has 11 nitrogen and oxygen atoms in total. The van der Waals surface area contributed by atoms with E-state index in [9.17, 15) is 29.1 Å². The number of carbonyl (C=O) groups is 5. The first-order valence-electron chi connectivity index (χ1n) is 13.2. The zero-order chi connectivity index (χ0) is 29.1. The average Bonchev–Trinajstić information content (AvgIpc) is 2.89. The maximum Gasteiger partial charge on any atom is 0.327 e. The molecule has 0 aromatic heterocycles. The van der Waals surface area contributed by atoms with E-state index in [1.165, 1.54) is 0 Å². The highest BCUT2D eigenvalue weighted by molar-refractivity contribution is 7.99. The fourth-order valence-electron chi connectivity index (χ4n) is 4.09. The van der Waals surface area contributed by atoms with Crippen molar-refractivity contribution in [1.82, 2.24) is 21.3 Å². The summed E-state index contributed by atoms with van der Waals surface area (Å²) in [4.78, 5) is 64.8. The summed E-state index contributed by atoms with van der Waals surface area (Å²) in [5.74, 6) is -3.76. The average molecular weight is 564 g/mol. The third kappa shape index (κ3) is 10.2. The number of amides is 4. The normalized spacial score (nSPS) is 26.7. The number of nitrogens with one attached hydrogen (secondary N) is 4. The number of carboxylic acid groups (broad SMARTS) is 1. The lowest BCUT2D eigenvalue weighted by Crippen LogP contribution is -2.60. The Labute approximate surface area is 233 Å². The molecule has 0 radical (unpaired) electrons. The summed E-state index contributed by atoms with van der Waals surface area (Å²) >= 11 is 1.10. The molecule has 1 aromatic rings. The Morgan fingerprint density at radius 2 is 1.54 bits per heavy atom. The number of benzene rings is 1. The molecule has 1 saturated heterocycles. The second-order valence-corrected chi connectivity index (χ2v) is 11.4. The molecule has 2 unspecified atom stereocenters. The lowest BCUT2D eigenvalue weighted by molar-refractivity contribution is -0.141. The molecule has 1 fully saturated rings. The van der Waals surface area contributed by atoms with Crippen molar-refractivity contribution < 1.29 is 29.1 Å². The third-order valence-corrected chi connectivity index (χ3v) is 7.75. The number of carboxylic acids is 1. The minimum absolute atomic E-state index is 0.00876. The van der Waals surface area contributed by atoms with E-state index in [0.717, 1.165) is 17.3 Å². The topological polar surface area (TPSA) is 180 Å². The molecule has 1 heterocycles. The molecular weight excluding hydrogens is 522 g/mol.